The van der Waals surface area contributed by atoms with E-state index in [1.54, 1.807) is 24.3 Å². The van der Waals surface area contributed by atoms with E-state index in [1.165, 1.54) is 12.8 Å². The molecule has 1 aromatic carbocycles. The van der Waals surface area contributed by atoms with E-state index in [0.29, 0.717) is 24.2 Å². The number of carboxylic acids is 1. The summed E-state index contributed by atoms with van der Waals surface area (Å²) in [5, 5.41) is 14.7. The number of likely N-dealkylation sites (tertiary alicyclic amines) is 1. The van der Waals surface area contributed by atoms with Gasteiger partial charge in [0.2, 0.25) is 5.91 Å². The number of aliphatic carboxylic acids is 1. The van der Waals surface area contributed by atoms with Crippen LogP contribution >= 0.6 is 0 Å². The van der Waals surface area contributed by atoms with Crippen LogP contribution in [0.5, 0.6) is 0 Å². The summed E-state index contributed by atoms with van der Waals surface area (Å²) >= 11 is 0. The predicted molar refractivity (Wildman–Crippen MR) is 98.0 cm³/mol. The number of rotatable bonds is 4. The first-order valence-corrected chi connectivity index (χ1v) is 9.24. The third kappa shape index (κ3) is 4.33. The smallest absolute Gasteiger partial charge is 0.321 e. The summed E-state index contributed by atoms with van der Waals surface area (Å²) in [5.41, 5.74) is 1.27. The van der Waals surface area contributed by atoms with Crippen molar-refractivity contribution in [2.24, 2.45) is 11.8 Å². The molecule has 2 fully saturated rings. The molecule has 3 amide bonds. The summed E-state index contributed by atoms with van der Waals surface area (Å²) in [7, 11) is 0. The third-order valence-electron chi connectivity index (χ3n) is 5.23. The van der Waals surface area contributed by atoms with Gasteiger partial charge in [0.15, 0.2) is 0 Å². The SMILES string of the molecule is O=C(O)C1CCC1C(=O)Nc1ccc(NC(=O)N2CCCCCC2)cc1. The van der Waals surface area contributed by atoms with E-state index in [-0.39, 0.29) is 11.9 Å². The lowest BCUT2D eigenvalue weighted by molar-refractivity contribution is -0.151. The monoisotopic (exact) mass is 359 g/mol. The Hall–Kier alpha value is -2.57. The molecule has 1 saturated carbocycles. The Bertz CT molecular complexity index is 666. The van der Waals surface area contributed by atoms with E-state index in [0.717, 1.165) is 25.9 Å². The van der Waals surface area contributed by atoms with Gasteiger partial charge in [0.1, 0.15) is 0 Å². The van der Waals surface area contributed by atoms with E-state index in [4.69, 9.17) is 5.11 Å². The molecule has 3 rings (SSSR count). The van der Waals surface area contributed by atoms with Gasteiger partial charge in [0.05, 0.1) is 11.8 Å². The van der Waals surface area contributed by atoms with Crippen molar-refractivity contribution in [3.05, 3.63) is 24.3 Å². The van der Waals surface area contributed by atoms with E-state index >= 15 is 0 Å². The second-order valence-corrected chi connectivity index (χ2v) is 7.03. The van der Waals surface area contributed by atoms with Crippen LogP contribution in [0.3, 0.4) is 0 Å². The van der Waals surface area contributed by atoms with Crippen molar-refractivity contribution >= 4 is 29.3 Å². The molecule has 1 aliphatic heterocycles. The standard InChI is InChI=1S/C19H25N3O4/c23-17(15-9-10-16(15)18(24)25)20-13-5-7-14(8-6-13)21-19(26)22-11-3-1-2-4-12-22/h5-8,15-16H,1-4,9-12H2,(H,20,23)(H,21,26)(H,24,25). The van der Waals surface area contributed by atoms with Crippen molar-refractivity contribution in [2.75, 3.05) is 23.7 Å². The van der Waals surface area contributed by atoms with Gasteiger partial charge in [-0.25, -0.2) is 4.79 Å². The summed E-state index contributed by atoms with van der Waals surface area (Å²) in [6.45, 7) is 1.57. The van der Waals surface area contributed by atoms with Crippen molar-refractivity contribution in [3.63, 3.8) is 0 Å². The number of hydrogen-bond acceptors (Lipinski definition) is 3. The van der Waals surface area contributed by atoms with Gasteiger partial charge in [-0.15, -0.1) is 0 Å². The topological polar surface area (TPSA) is 98.7 Å². The first-order chi connectivity index (χ1) is 12.5. The summed E-state index contributed by atoms with van der Waals surface area (Å²) in [6.07, 6.45) is 5.57. The van der Waals surface area contributed by atoms with E-state index in [1.807, 2.05) is 4.90 Å². The number of urea groups is 1. The van der Waals surface area contributed by atoms with Gasteiger partial charge in [0.25, 0.3) is 0 Å². The Morgan fingerprint density at radius 1 is 0.846 bits per heavy atom. The number of nitrogens with zero attached hydrogens (tertiary/aromatic N) is 1. The van der Waals surface area contributed by atoms with Crippen LogP contribution in [0.4, 0.5) is 16.2 Å². The number of amides is 3. The molecule has 0 aromatic heterocycles. The molecule has 3 N–H and O–H groups in total. The van der Waals surface area contributed by atoms with Crippen molar-refractivity contribution < 1.29 is 19.5 Å². The van der Waals surface area contributed by atoms with Crippen LogP contribution in [0.1, 0.15) is 38.5 Å². The van der Waals surface area contributed by atoms with Crippen LogP contribution in [-0.2, 0) is 9.59 Å². The number of anilines is 2. The molecule has 7 nitrogen and oxygen atoms in total. The minimum absolute atomic E-state index is 0.0950. The van der Waals surface area contributed by atoms with Gasteiger partial charge in [-0.05, 0) is 49.9 Å². The lowest BCUT2D eigenvalue weighted by Crippen LogP contribution is -2.41. The third-order valence-corrected chi connectivity index (χ3v) is 5.23. The van der Waals surface area contributed by atoms with Gasteiger partial charge in [-0.3, -0.25) is 9.59 Å². The lowest BCUT2D eigenvalue weighted by Gasteiger charge is -2.31. The Kier molecular flexibility index (Phi) is 5.75. The zero-order valence-corrected chi connectivity index (χ0v) is 14.7. The molecule has 26 heavy (non-hydrogen) atoms. The average Bonchev–Trinajstić information content (AvgIpc) is 2.84. The summed E-state index contributed by atoms with van der Waals surface area (Å²) in [4.78, 5) is 37.3. The molecule has 1 aromatic rings. The molecule has 2 aliphatic rings. The van der Waals surface area contributed by atoms with Gasteiger partial charge in [-0.1, -0.05) is 12.8 Å². The molecule has 0 radical (unpaired) electrons. The van der Waals surface area contributed by atoms with Crippen molar-refractivity contribution in [1.29, 1.82) is 0 Å². The van der Waals surface area contributed by atoms with Crippen LogP contribution in [0, 0.1) is 11.8 Å². The Balaban J connectivity index is 1.52. The summed E-state index contributed by atoms with van der Waals surface area (Å²) < 4.78 is 0. The van der Waals surface area contributed by atoms with Gasteiger partial charge >= 0.3 is 12.0 Å². The predicted octanol–water partition coefficient (Wildman–Crippen LogP) is 3.14. The van der Waals surface area contributed by atoms with Crippen LogP contribution in [0.15, 0.2) is 24.3 Å². The Morgan fingerprint density at radius 3 is 1.88 bits per heavy atom. The first kappa shape index (κ1) is 18.2. The number of hydrogen-bond donors (Lipinski definition) is 3. The lowest BCUT2D eigenvalue weighted by atomic mass is 9.73. The molecular weight excluding hydrogens is 334 g/mol. The number of carbonyl (C=O) groups excluding carboxylic acids is 2. The minimum Gasteiger partial charge on any atom is -0.481 e. The number of carboxylic acid groups (broad SMARTS) is 1. The van der Waals surface area contributed by atoms with E-state index in [2.05, 4.69) is 10.6 Å². The highest BCUT2D eigenvalue weighted by Crippen LogP contribution is 2.35. The molecule has 140 valence electrons. The zero-order valence-electron chi connectivity index (χ0n) is 14.7. The van der Waals surface area contributed by atoms with Gasteiger partial charge in [-0.2, -0.15) is 0 Å². The Labute approximate surface area is 152 Å². The molecule has 2 atom stereocenters. The number of carbonyl (C=O) groups is 3. The van der Waals surface area contributed by atoms with Gasteiger partial charge in [0, 0.05) is 24.5 Å². The quantitative estimate of drug-likeness (QED) is 0.769. The molecule has 0 bridgehead atoms. The van der Waals surface area contributed by atoms with Crippen molar-refractivity contribution in [3.8, 4) is 0 Å². The highest BCUT2D eigenvalue weighted by atomic mass is 16.4. The van der Waals surface area contributed by atoms with Gasteiger partial charge < -0.3 is 20.6 Å². The fraction of sp³-hybridized carbons (Fsp3) is 0.526. The van der Waals surface area contributed by atoms with Crippen LogP contribution in [0.25, 0.3) is 0 Å². The molecule has 7 heteroatoms. The maximum Gasteiger partial charge on any atom is 0.321 e. The number of benzene rings is 1. The van der Waals surface area contributed by atoms with Crippen LogP contribution in [-0.4, -0.2) is 41.0 Å². The highest BCUT2D eigenvalue weighted by Gasteiger charge is 2.41. The second-order valence-electron chi connectivity index (χ2n) is 7.03. The average molecular weight is 359 g/mol. The summed E-state index contributed by atoms with van der Waals surface area (Å²) in [5.74, 6) is -2.22. The van der Waals surface area contributed by atoms with Crippen LogP contribution < -0.4 is 10.6 Å². The summed E-state index contributed by atoms with van der Waals surface area (Å²) in [6, 6.07) is 6.80. The van der Waals surface area contributed by atoms with E-state index in [9.17, 15) is 14.4 Å². The van der Waals surface area contributed by atoms with Crippen molar-refractivity contribution in [2.45, 2.75) is 38.5 Å². The first-order valence-electron chi connectivity index (χ1n) is 9.24. The molecule has 1 saturated heterocycles. The fourth-order valence-corrected chi connectivity index (χ4v) is 3.46. The maximum absolute atomic E-state index is 12.3. The van der Waals surface area contributed by atoms with Crippen LogP contribution in [0.2, 0.25) is 0 Å². The fourth-order valence-electron chi connectivity index (χ4n) is 3.46. The Morgan fingerprint density at radius 2 is 1.38 bits per heavy atom. The normalized spacial score (nSPS) is 22.7. The van der Waals surface area contributed by atoms with E-state index < -0.39 is 17.8 Å². The maximum atomic E-state index is 12.3. The minimum atomic E-state index is -0.914. The molecule has 1 aliphatic carbocycles. The molecular formula is C19H25N3O4. The highest BCUT2D eigenvalue weighted by molar-refractivity contribution is 5.96. The molecule has 0 spiro atoms. The largest absolute Gasteiger partial charge is 0.481 e. The molecule has 1 heterocycles. The van der Waals surface area contributed by atoms with Crippen molar-refractivity contribution in [1.82, 2.24) is 4.90 Å². The second kappa shape index (κ2) is 8.21. The zero-order chi connectivity index (χ0) is 18.5. The molecule has 2 unspecified atom stereocenters. The number of nitrogens with one attached hydrogen (secondary N) is 2.